The fourth-order valence-electron chi connectivity index (χ4n) is 2.01. The van der Waals surface area contributed by atoms with E-state index in [0.29, 0.717) is 0 Å². The van der Waals surface area contributed by atoms with Crippen molar-refractivity contribution in [3.8, 4) is 0 Å². The second kappa shape index (κ2) is 6.41. The Labute approximate surface area is 89.1 Å². The molecule has 0 spiro atoms. The van der Waals surface area contributed by atoms with Gasteiger partial charge in [-0.05, 0) is 58.7 Å². The van der Waals surface area contributed by atoms with Gasteiger partial charge in [0.2, 0.25) is 0 Å². The van der Waals surface area contributed by atoms with E-state index in [2.05, 4.69) is 24.1 Å². The zero-order valence-corrected chi connectivity index (χ0v) is 10.1. The van der Waals surface area contributed by atoms with Crippen LogP contribution in [0.4, 0.5) is 0 Å². The SMILES string of the molecule is CCN(CC1CC1)C(C)CCCNC. The van der Waals surface area contributed by atoms with Crippen molar-refractivity contribution in [1.29, 1.82) is 0 Å². The maximum absolute atomic E-state index is 3.21. The van der Waals surface area contributed by atoms with Crippen LogP contribution in [0.15, 0.2) is 0 Å². The van der Waals surface area contributed by atoms with Gasteiger partial charge < -0.3 is 10.2 Å². The number of rotatable bonds is 8. The lowest BCUT2D eigenvalue weighted by Crippen LogP contribution is -2.35. The Morgan fingerprint density at radius 1 is 1.43 bits per heavy atom. The molecule has 1 rings (SSSR count). The molecule has 1 N–H and O–H groups in total. The lowest BCUT2D eigenvalue weighted by atomic mass is 10.1. The molecule has 1 atom stereocenters. The van der Waals surface area contributed by atoms with Crippen LogP contribution in [-0.2, 0) is 0 Å². The fourth-order valence-corrected chi connectivity index (χ4v) is 2.01. The smallest absolute Gasteiger partial charge is 0.00674 e. The van der Waals surface area contributed by atoms with E-state index in [1.165, 1.54) is 38.8 Å². The van der Waals surface area contributed by atoms with Gasteiger partial charge in [0.05, 0.1) is 0 Å². The third-order valence-corrected chi connectivity index (χ3v) is 3.27. The summed E-state index contributed by atoms with van der Waals surface area (Å²) < 4.78 is 0. The Kier molecular flexibility index (Phi) is 5.49. The molecule has 14 heavy (non-hydrogen) atoms. The average Bonchev–Trinajstić information content (AvgIpc) is 2.98. The van der Waals surface area contributed by atoms with E-state index in [1.54, 1.807) is 0 Å². The minimum absolute atomic E-state index is 0.772. The second-order valence-electron chi connectivity index (χ2n) is 4.63. The molecular formula is C12H26N2. The Bertz CT molecular complexity index is 143. The van der Waals surface area contributed by atoms with E-state index in [-0.39, 0.29) is 0 Å². The van der Waals surface area contributed by atoms with Gasteiger partial charge in [0.25, 0.3) is 0 Å². The fraction of sp³-hybridized carbons (Fsp3) is 1.00. The number of nitrogens with one attached hydrogen (secondary N) is 1. The van der Waals surface area contributed by atoms with Crippen molar-refractivity contribution >= 4 is 0 Å². The molecule has 1 fully saturated rings. The van der Waals surface area contributed by atoms with Gasteiger partial charge in [-0.25, -0.2) is 0 Å². The molecule has 0 radical (unpaired) electrons. The minimum atomic E-state index is 0.772. The Morgan fingerprint density at radius 2 is 2.14 bits per heavy atom. The van der Waals surface area contributed by atoms with Gasteiger partial charge in [-0.2, -0.15) is 0 Å². The van der Waals surface area contributed by atoms with Crippen molar-refractivity contribution in [3.63, 3.8) is 0 Å². The number of nitrogens with zero attached hydrogens (tertiary/aromatic N) is 1. The third-order valence-electron chi connectivity index (χ3n) is 3.27. The van der Waals surface area contributed by atoms with Crippen molar-refractivity contribution in [2.45, 2.75) is 45.6 Å². The summed E-state index contributed by atoms with van der Waals surface area (Å²) in [7, 11) is 2.03. The maximum atomic E-state index is 3.21. The largest absolute Gasteiger partial charge is 0.320 e. The third kappa shape index (κ3) is 4.43. The van der Waals surface area contributed by atoms with Crippen molar-refractivity contribution < 1.29 is 0 Å². The quantitative estimate of drug-likeness (QED) is 0.601. The summed E-state index contributed by atoms with van der Waals surface area (Å²) in [6, 6.07) is 0.772. The van der Waals surface area contributed by atoms with E-state index in [9.17, 15) is 0 Å². The Hall–Kier alpha value is -0.0800. The molecule has 0 aromatic carbocycles. The molecular weight excluding hydrogens is 172 g/mol. The summed E-state index contributed by atoms with van der Waals surface area (Å²) >= 11 is 0. The first-order chi connectivity index (χ1) is 6.77. The Balaban J connectivity index is 2.13. The molecule has 2 nitrogen and oxygen atoms in total. The first-order valence-corrected chi connectivity index (χ1v) is 6.16. The van der Waals surface area contributed by atoms with Crippen molar-refractivity contribution in [2.75, 3.05) is 26.7 Å². The van der Waals surface area contributed by atoms with Crippen LogP contribution in [0.5, 0.6) is 0 Å². The maximum Gasteiger partial charge on any atom is 0.00674 e. The van der Waals surface area contributed by atoms with Crippen LogP contribution in [0, 0.1) is 5.92 Å². The first-order valence-electron chi connectivity index (χ1n) is 6.16. The molecule has 84 valence electrons. The van der Waals surface area contributed by atoms with E-state index in [4.69, 9.17) is 0 Å². The lowest BCUT2D eigenvalue weighted by Gasteiger charge is -2.27. The highest BCUT2D eigenvalue weighted by atomic mass is 15.1. The highest BCUT2D eigenvalue weighted by Gasteiger charge is 2.25. The van der Waals surface area contributed by atoms with Gasteiger partial charge in [0.15, 0.2) is 0 Å². The van der Waals surface area contributed by atoms with E-state index < -0.39 is 0 Å². The van der Waals surface area contributed by atoms with Gasteiger partial charge >= 0.3 is 0 Å². The predicted molar refractivity (Wildman–Crippen MR) is 62.6 cm³/mol. The van der Waals surface area contributed by atoms with Gasteiger partial charge in [0.1, 0.15) is 0 Å². The van der Waals surface area contributed by atoms with Crippen LogP contribution < -0.4 is 5.32 Å². The van der Waals surface area contributed by atoms with Crippen molar-refractivity contribution in [2.24, 2.45) is 5.92 Å². The van der Waals surface area contributed by atoms with Crippen LogP contribution in [0.1, 0.15) is 39.5 Å². The summed E-state index contributed by atoms with van der Waals surface area (Å²) in [5.41, 5.74) is 0. The summed E-state index contributed by atoms with van der Waals surface area (Å²) in [6.07, 6.45) is 5.58. The normalized spacial score (nSPS) is 18.9. The van der Waals surface area contributed by atoms with Gasteiger partial charge in [0, 0.05) is 12.6 Å². The van der Waals surface area contributed by atoms with Gasteiger partial charge in [-0.1, -0.05) is 6.92 Å². The molecule has 0 heterocycles. The highest BCUT2D eigenvalue weighted by molar-refractivity contribution is 4.79. The molecule has 0 aromatic heterocycles. The van der Waals surface area contributed by atoms with Crippen molar-refractivity contribution in [3.05, 3.63) is 0 Å². The zero-order chi connectivity index (χ0) is 10.4. The van der Waals surface area contributed by atoms with Gasteiger partial charge in [-0.3, -0.25) is 0 Å². The molecule has 0 bridgehead atoms. The monoisotopic (exact) mass is 198 g/mol. The standard InChI is InChI=1S/C12H26N2/c1-4-14(10-12-7-8-12)11(2)6-5-9-13-3/h11-13H,4-10H2,1-3H3. The Morgan fingerprint density at radius 3 is 2.64 bits per heavy atom. The van der Waals surface area contributed by atoms with Crippen LogP contribution in [0.3, 0.4) is 0 Å². The molecule has 0 amide bonds. The topological polar surface area (TPSA) is 15.3 Å². The highest BCUT2D eigenvalue weighted by Crippen LogP contribution is 2.30. The second-order valence-corrected chi connectivity index (χ2v) is 4.63. The number of hydrogen-bond donors (Lipinski definition) is 1. The lowest BCUT2D eigenvalue weighted by molar-refractivity contribution is 0.199. The van der Waals surface area contributed by atoms with E-state index in [1.807, 2.05) is 7.05 Å². The summed E-state index contributed by atoms with van der Waals surface area (Å²) in [4.78, 5) is 2.65. The molecule has 0 aliphatic heterocycles. The molecule has 1 saturated carbocycles. The summed E-state index contributed by atoms with van der Waals surface area (Å²) in [5, 5.41) is 3.21. The van der Waals surface area contributed by atoms with Crippen LogP contribution in [-0.4, -0.2) is 37.6 Å². The van der Waals surface area contributed by atoms with Crippen LogP contribution in [0.25, 0.3) is 0 Å². The molecule has 0 aromatic rings. The van der Waals surface area contributed by atoms with Crippen molar-refractivity contribution in [1.82, 2.24) is 10.2 Å². The summed E-state index contributed by atoms with van der Waals surface area (Å²) in [5.74, 6) is 1.03. The first kappa shape index (κ1) is 12.0. The predicted octanol–water partition coefficient (Wildman–Crippen LogP) is 2.11. The van der Waals surface area contributed by atoms with Gasteiger partial charge in [-0.15, -0.1) is 0 Å². The molecule has 2 heteroatoms. The van der Waals surface area contributed by atoms with Crippen LogP contribution >= 0.6 is 0 Å². The van der Waals surface area contributed by atoms with E-state index in [0.717, 1.165) is 18.5 Å². The molecule has 1 unspecified atom stereocenters. The van der Waals surface area contributed by atoms with E-state index >= 15 is 0 Å². The molecule has 1 aliphatic carbocycles. The molecule has 0 saturated heterocycles. The number of hydrogen-bond acceptors (Lipinski definition) is 2. The zero-order valence-electron chi connectivity index (χ0n) is 10.1. The average molecular weight is 198 g/mol. The van der Waals surface area contributed by atoms with Crippen LogP contribution in [0.2, 0.25) is 0 Å². The summed E-state index contributed by atoms with van der Waals surface area (Å²) in [6.45, 7) is 8.39. The molecule has 1 aliphatic rings. The minimum Gasteiger partial charge on any atom is -0.320 e.